The summed E-state index contributed by atoms with van der Waals surface area (Å²) in [7, 11) is 0. The van der Waals surface area contributed by atoms with Crippen molar-refractivity contribution >= 4 is 0 Å². The van der Waals surface area contributed by atoms with E-state index in [0.717, 1.165) is 36.1 Å². The molecule has 0 saturated heterocycles. The molecule has 0 aliphatic carbocycles. The molecule has 0 saturated carbocycles. The minimum absolute atomic E-state index is 0.184. The van der Waals surface area contributed by atoms with Crippen molar-refractivity contribution in [2.75, 3.05) is 0 Å². The number of hydrogen-bond acceptors (Lipinski definition) is 2. The van der Waals surface area contributed by atoms with Gasteiger partial charge in [-0.2, -0.15) is 5.26 Å². The lowest BCUT2D eigenvalue weighted by Gasteiger charge is -2.15. The molecule has 1 heterocycles. The lowest BCUT2D eigenvalue weighted by molar-refractivity contribution is 0.591. The first-order chi connectivity index (χ1) is 10.6. The van der Waals surface area contributed by atoms with E-state index in [1.165, 1.54) is 5.56 Å². The molecule has 0 aliphatic heterocycles. The van der Waals surface area contributed by atoms with Crippen LogP contribution in [-0.2, 0) is 6.54 Å². The summed E-state index contributed by atoms with van der Waals surface area (Å²) in [5, 5.41) is 9.10. The molecule has 0 atom stereocenters. The zero-order valence-corrected chi connectivity index (χ0v) is 13.5. The van der Waals surface area contributed by atoms with Gasteiger partial charge in [-0.3, -0.25) is 4.79 Å². The van der Waals surface area contributed by atoms with E-state index in [1.54, 1.807) is 10.6 Å². The predicted molar refractivity (Wildman–Crippen MR) is 89.9 cm³/mol. The van der Waals surface area contributed by atoms with Gasteiger partial charge in [0.15, 0.2) is 0 Å². The highest BCUT2D eigenvalue weighted by molar-refractivity contribution is 5.65. The standard InChI is InChI=1S/C19H22N2O/c1-4-5-6-11-21-18(10-8-16(13-20)19(21)22)17-9-7-14(2)12-15(17)3/h7-10,12H,4-6,11H2,1-3H3. The highest BCUT2D eigenvalue weighted by Crippen LogP contribution is 2.24. The van der Waals surface area contributed by atoms with Gasteiger partial charge >= 0.3 is 0 Å². The van der Waals surface area contributed by atoms with Gasteiger partial charge in [-0.25, -0.2) is 0 Å². The molecular weight excluding hydrogens is 272 g/mol. The Morgan fingerprint density at radius 2 is 1.91 bits per heavy atom. The Hall–Kier alpha value is -2.34. The van der Waals surface area contributed by atoms with E-state index in [0.29, 0.717) is 6.54 Å². The third kappa shape index (κ3) is 3.28. The molecule has 0 fully saturated rings. The summed E-state index contributed by atoms with van der Waals surface area (Å²) in [5.74, 6) is 0. The first-order valence-electron chi connectivity index (χ1n) is 7.80. The van der Waals surface area contributed by atoms with Crippen molar-refractivity contribution < 1.29 is 0 Å². The Kier molecular flexibility index (Phi) is 5.16. The van der Waals surface area contributed by atoms with Gasteiger partial charge in [0.2, 0.25) is 0 Å². The van der Waals surface area contributed by atoms with Crippen LogP contribution >= 0.6 is 0 Å². The molecule has 2 rings (SSSR count). The third-order valence-corrected chi connectivity index (χ3v) is 3.94. The number of aryl methyl sites for hydroxylation is 2. The van der Waals surface area contributed by atoms with Crippen LogP contribution < -0.4 is 5.56 Å². The number of nitriles is 1. The molecule has 0 bridgehead atoms. The maximum absolute atomic E-state index is 12.5. The second kappa shape index (κ2) is 7.09. The summed E-state index contributed by atoms with van der Waals surface area (Å²) in [6, 6.07) is 11.8. The molecule has 0 N–H and O–H groups in total. The predicted octanol–water partition coefficient (Wildman–Crippen LogP) is 4.19. The van der Waals surface area contributed by atoms with Gasteiger partial charge in [-0.15, -0.1) is 0 Å². The molecule has 22 heavy (non-hydrogen) atoms. The Morgan fingerprint density at radius 3 is 2.55 bits per heavy atom. The molecule has 0 amide bonds. The highest BCUT2D eigenvalue weighted by Gasteiger charge is 2.12. The van der Waals surface area contributed by atoms with Crippen LogP contribution in [0.3, 0.4) is 0 Å². The second-order valence-electron chi connectivity index (χ2n) is 5.73. The average Bonchev–Trinajstić information content (AvgIpc) is 2.49. The van der Waals surface area contributed by atoms with Crippen LogP contribution in [-0.4, -0.2) is 4.57 Å². The number of benzene rings is 1. The van der Waals surface area contributed by atoms with E-state index in [2.05, 4.69) is 39.0 Å². The van der Waals surface area contributed by atoms with Crippen molar-refractivity contribution in [1.82, 2.24) is 4.57 Å². The van der Waals surface area contributed by atoms with Gasteiger partial charge in [0.05, 0.1) is 5.69 Å². The van der Waals surface area contributed by atoms with Crippen molar-refractivity contribution in [3.05, 3.63) is 57.4 Å². The summed E-state index contributed by atoms with van der Waals surface area (Å²) in [6.07, 6.45) is 3.13. The molecule has 0 radical (unpaired) electrons. The molecule has 3 heteroatoms. The second-order valence-corrected chi connectivity index (χ2v) is 5.73. The molecule has 1 aromatic carbocycles. The molecule has 114 valence electrons. The number of pyridine rings is 1. The quantitative estimate of drug-likeness (QED) is 0.776. The molecule has 0 unspecified atom stereocenters. The van der Waals surface area contributed by atoms with E-state index in [-0.39, 0.29) is 11.1 Å². The van der Waals surface area contributed by atoms with Crippen molar-refractivity contribution in [1.29, 1.82) is 5.26 Å². The smallest absolute Gasteiger partial charge is 0.268 e. The molecule has 0 spiro atoms. The van der Waals surface area contributed by atoms with Gasteiger partial charge < -0.3 is 4.57 Å². The fourth-order valence-corrected chi connectivity index (χ4v) is 2.74. The van der Waals surface area contributed by atoms with Crippen LogP contribution in [0.5, 0.6) is 0 Å². The van der Waals surface area contributed by atoms with Crippen LogP contribution in [0, 0.1) is 25.2 Å². The van der Waals surface area contributed by atoms with Gasteiger partial charge in [0, 0.05) is 12.1 Å². The topological polar surface area (TPSA) is 45.8 Å². The maximum atomic E-state index is 12.5. The van der Waals surface area contributed by atoms with E-state index in [4.69, 9.17) is 5.26 Å². The molecular formula is C19H22N2O. The summed E-state index contributed by atoms with van der Waals surface area (Å²) in [6.45, 7) is 6.91. The lowest BCUT2D eigenvalue weighted by Crippen LogP contribution is -2.24. The number of rotatable bonds is 5. The van der Waals surface area contributed by atoms with Crippen molar-refractivity contribution in [3.8, 4) is 17.3 Å². The number of unbranched alkanes of at least 4 members (excludes halogenated alkanes) is 2. The van der Waals surface area contributed by atoms with Crippen LogP contribution in [0.2, 0.25) is 0 Å². The van der Waals surface area contributed by atoms with Crippen LogP contribution in [0.15, 0.2) is 35.1 Å². The Morgan fingerprint density at radius 1 is 1.14 bits per heavy atom. The zero-order chi connectivity index (χ0) is 16.1. The SMILES string of the molecule is CCCCCn1c(-c2ccc(C)cc2C)ccc(C#N)c1=O. The zero-order valence-electron chi connectivity index (χ0n) is 13.5. The molecule has 0 aliphatic rings. The first-order valence-corrected chi connectivity index (χ1v) is 7.80. The summed E-state index contributed by atoms with van der Waals surface area (Å²) in [4.78, 5) is 12.5. The van der Waals surface area contributed by atoms with Crippen molar-refractivity contribution in [2.24, 2.45) is 0 Å². The van der Waals surface area contributed by atoms with Crippen LogP contribution in [0.25, 0.3) is 11.3 Å². The lowest BCUT2D eigenvalue weighted by atomic mass is 10.0. The molecule has 3 nitrogen and oxygen atoms in total. The number of nitrogens with zero attached hydrogens (tertiary/aromatic N) is 2. The summed E-state index contributed by atoms with van der Waals surface area (Å²) in [5.41, 5.74) is 4.34. The molecule has 1 aromatic heterocycles. The van der Waals surface area contributed by atoms with Crippen LogP contribution in [0.4, 0.5) is 0 Å². The van der Waals surface area contributed by atoms with Crippen LogP contribution in [0.1, 0.15) is 42.9 Å². The van der Waals surface area contributed by atoms with Crippen molar-refractivity contribution in [2.45, 2.75) is 46.6 Å². The van der Waals surface area contributed by atoms with E-state index in [1.807, 2.05) is 12.1 Å². The fourth-order valence-electron chi connectivity index (χ4n) is 2.74. The highest BCUT2D eigenvalue weighted by atomic mass is 16.1. The van der Waals surface area contributed by atoms with Gasteiger partial charge in [-0.1, -0.05) is 43.5 Å². The van der Waals surface area contributed by atoms with Gasteiger partial charge in [0.1, 0.15) is 11.6 Å². The van der Waals surface area contributed by atoms with E-state index < -0.39 is 0 Å². The fraction of sp³-hybridized carbons (Fsp3) is 0.368. The number of hydrogen-bond donors (Lipinski definition) is 0. The van der Waals surface area contributed by atoms with Crippen molar-refractivity contribution in [3.63, 3.8) is 0 Å². The monoisotopic (exact) mass is 294 g/mol. The van der Waals surface area contributed by atoms with E-state index >= 15 is 0 Å². The minimum atomic E-state index is -0.184. The Bertz CT molecular complexity index is 766. The van der Waals surface area contributed by atoms with Gasteiger partial charge in [0.25, 0.3) is 5.56 Å². The summed E-state index contributed by atoms with van der Waals surface area (Å²) < 4.78 is 1.76. The minimum Gasteiger partial charge on any atom is -0.307 e. The molecule has 2 aromatic rings. The van der Waals surface area contributed by atoms with E-state index in [9.17, 15) is 4.79 Å². The summed E-state index contributed by atoms with van der Waals surface area (Å²) >= 11 is 0. The third-order valence-electron chi connectivity index (χ3n) is 3.94. The number of aromatic nitrogens is 1. The normalized spacial score (nSPS) is 10.5. The average molecular weight is 294 g/mol. The Balaban J connectivity index is 2.57. The maximum Gasteiger partial charge on any atom is 0.268 e. The largest absolute Gasteiger partial charge is 0.307 e. The first kappa shape index (κ1) is 16.0. The Labute approximate surface area is 131 Å². The van der Waals surface area contributed by atoms with Gasteiger partial charge in [-0.05, 0) is 38.0 Å².